The molecule has 1 aliphatic carbocycles. The summed E-state index contributed by atoms with van der Waals surface area (Å²) >= 11 is 0. The topological polar surface area (TPSA) is 34.1 Å². The minimum absolute atomic E-state index is 0.0590. The van der Waals surface area contributed by atoms with Crippen molar-refractivity contribution in [1.82, 2.24) is 0 Å². The Labute approximate surface area is 67.0 Å². The molecule has 1 aliphatic rings. The van der Waals surface area contributed by atoms with E-state index in [9.17, 15) is 9.59 Å². The molecular formula is C9H14O2. The van der Waals surface area contributed by atoms with Gasteiger partial charge in [-0.2, -0.15) is 0 Å². The van der Waals surface area contributed by atoms with Gasteiger partial charge in [-0.1, -0.05) is 12.8 Å². The standard InChI is InChI=1S/C9H14O2/c10-7-5-9(6-8-11)3-1-2-4-9/h7-8H,1-6H2. The highest BCUT2D eigenvalue weighted by Gasteiger charge is 2.32. The number of rotatable bonds is 4. The molecule has 0 aromatic carbocycles. The molecule has 62 valence electrons. The van der Waals surface area contributed by atoms with Gasteiger partial charge in [0.15, 0.2) is 0 Å². The first kappa shape index (κ1) is 8.44. The monoisotopic (exact) mass is 154 g/mol. The zero-order valence-electron chi connectivity index (χ0n) is 6.71. The maximum absolute atomic E-state index is 10.3. The van der Waals surface area contributed by atoms with Crippen LogP contribution in [0.15, 0.2) is 0 Å². The van der Waals surface area contributed by atoms with Gasteiger partial charge in [-0.25, -0.2) is 0 Å². The van der Waals surface area contributed by atoms with Crippen LogP contribution in [0.4, 0.5) is 0 Å². The number of aldehydes is 2. The first-order chi connectivity index (χ1) is 5.33. The van der Waals surface area contributed by atoms with E-state index >= 15 is 0 Å². The molecule has 2 heteroatoms. The predicted octanol–water partition coefficient (Wildman–Crippen LogP) is 1.72. The van der Waals surface area contributed by atoms with Crippen molar-refractivity contribution in [2.45, 2.75) is 38.5 Å². The largest absolute Gasteiger partial charge is 0.303 e. The molecule has 0 radical (unpaired) electrons. The van der Waals surface area contributed by atoms with Crippen molar-refractivity contribution in [2.75, 3.05) is 0 Å². The van der Waals surface area contributed by atoms with Gasteiger partial charge >= 0.3 is 0 Å². The maximum atomic E-state index is 10.3. The lowest BCUT2D eigenvalue weighted by atomic mass is 9.81. The lowest BCUT2D eigenvalue weighted by Crippen LogP contribution is -2.17. The summed E-state index contributed by atoms with van der Waals surface area (Å²) in [5.74, 6) is 0. The van der Waals surface area contributed by atoms with Crippen molar-refractivity contribution in [1.29, 1.82) is 0 Å². The summed E-state index contributed by atoms with van der Waals surface area (Å²) in [6, 6.07) is 0. The quantitative estimate of drug-likeness (QED) is 0.578. The van der Waals surface area contributed by atoms with Gasteiger partial charge in [-0.15, -0.1) is 0 Å². The van der Waals surface area contributed by atoms with E-state index in [1.54, 1.807) is 0 Å². The molecule has 0 aromatic heterocycles. The van der Waals surface area contributed by atoms with E-state index < -0.39 is 0 Å². The van der Waals surface area contributed by atoms with Crippen molar-refractivity contribution < 1.29 is 9.59 Å². The summed E-state index contributed by atoms with van der Waals surface area (Å²) in [6.07, 6.45) is 7.54. The van der Waals surface area contributed by atoms with Crippen LogP contribution in [0.25, 0.3) is 0 Å². The molecule has 0 amide bonds. The summed E-state index contributed by atoms with van der Waals surface area (Å²) < 4.78 is 0. The van der Waals surface area contributed by atoms with E-state index in [0.717, 1.165) is 25.4 Å². The van der Waals surface area contributed by atoms with Gasteiger partial charge in [0.1, 0.15) is 12.6 Å². The van der Waals surface area contributed by atoms with Crippen LogP contribution in [0.3, 0.4) is 0 Å². The van der Waals surface area contributed by atoms with Gasteiger partial charge in [0.05, 0.1) is 0 Å². The van der Waals surface area contributed by atoms with Crippen LogP contribution in [0.1, 0.15) is 38.5 Å². The molecule has 11 heavy (non-hydrogen) atoms. The van der Waals surface area contributed by atoms with E-state index in [2.05, 4.69) is 0 Å². The molecular weight excluding hydrogens is 140 g/mol. The zero-order valence-corrected chi connectivity index (χ0v) is 6.71. The first-order valence-electron chi connectivity index (χ1n) is 4.20. The van der Waals surface area contributed by atoms with E-state index in [1.165, 1.54) is 12.8 Å². The van der Waals surface area contributed by atoms with E-state index in [-0.39, 0.29) is 5.41 Å². The van der Waals surface area contributed by atoms with Gasteiger partial charge in [0.25, 0.3) is 0 Å². The van der Waals surface area contributed by atoms with Gasteiger partial charge in [-0.05, 0) is 18.3 Å². The first-order valence-corrected chi connectivity index (χ1v) is 4.20. The Bertz CT molecular complexity index is 134. The Kier molecular flexibility index (Phi) is 2.80. The van der Waals surface area contributed by atoms with Crippen molar-refractivity contribution >= 4 is 12.6 Å². The predicted molar refractivity (Wildman–Crippen MR) is 42.3 cm³/mol. The second-order valence-electron chi connectivity index (χ2n) is 3.45. The Morgan fingerprint density at radius 2 is 1.45 bits per heavy atom. The lowest BCUT2D eigenvalue weighted by Gasteiger charge is -2.23. The third kappa shape index (κ3) is 1.88. The number of hydrogen-bond acceptors (Lipinski definition) is 2. The molecule has 0 N–H and O–H groups in total. The highest BCUT2D eigenvalue weighted by molar-refractivity contribution is 5.56. The third-order valence-electron chi connectivity index (χ3n) is 2.70. The van der Waals surface area contributed by atoms with Gasteiger partial charge in [-0.3, -0.25) is 0 Å². The van der Waals surface area contributed by atoms with Crippen LogP contribution in [0.2, 0.25) is 0 Å². The van der Waals surface area contributed by atoms with E-state index in [1.807, 2.05) is 0 Å². The lowest BCUT2D eigenvalue weighted by molar-refractivity contribution is -0.112. The van der Waals surface area contributed by atoms with Gasteiger partial charge < -0.3 is 9.59 Å². The molecule has 1 saturated carbocycles. The molecule has 0 heterocycles. The van der Waals surface area contributed by atoms with Gasteiger partial charge in [0.2, 0.25) is 0 Å². The SMILES string of the molecule is O=CCC1(CC=O)CCCC1. The molecule has 1 rings (SSSR count). The third-order valence-corrected chi connectivity index (χ3v) is 2.70. The highest BCUT2D eigenvalue weighted by Crippen LogP contribution is 2.42. The fraction of sp³-hybridized carbons (Fsp3) is 0.778. The Morgan fingerprint density at radius 1 is 1.00 bits per heavy atom. The molecule has 0 bridgehead atoms. The summed E-state index contributed by atoms with van der Waals surface area (Å²) in [5, 5.41) is 0. The molecule has 0 aliphatic heterocycles. The summed E-state index contributed by atoms with van der Waals surface area (Å²) in [6.45, 7) is 0. The number of carbonyl (C=O) groups is 2. The molecule has 0 atom stereocenters. The van der Waals surface area contributed by atoms with Crippen LogP contribution >= 0.6 is 0 Å². The second-order valence-corrected chi connectivity index (χ2v) is 3.45. The average Bonchev–Trinajstić information content (AvgIpc) is 2.39. The van der Waals surface area contributed by atoms with Crippen LogP contribution in [0.5, 0.6) is 0 Å². The molecule has 0 saturated heterocycles. The number of carbonyl (C=O) groups excluding carboxylic acids is 2. The molecule has 2 nitrogen and oxygen atoms in total. The molecule has 0 spiro atoms. The summed E-state index contributed by atoms with van der Waals surface area (Å²) in [5.41, 5.74) is 0.0590. The second kappa shape index (κ2) is 3.65. The Hall–Kier alpha value is -0.660. The van der Waals surface area contributed by atoms with Crippen LogP contribution in [-0.2, 0) is 9.59 Å². The fourth-order valence-corrected chi connectivity index (χ4v) is 1.97. The van der Waals surface area contributed by atoms with Crippen LogP contribution in [0, 0.1) is 5.41 Å². The molecule has 0 unspecified atom stereocenters. The maximum Gasteiger partial charge on any atom is 0.120 e. The molecule has 0 aromatic rings. The number of hydrogen-bond donors (Lipinski definition) is 0. The Morgan fingerprint density at radius 3 is 1.82 bits per heavy atom. The van der Waals surface area contributed by atoms with Crippen molar-refractivity contribution in [2.24, 2.45) is 5.41 Å². The minimum atomic E-state index is 0.0590. The summed E-state index contributed by atoms with van der Waals surface area (Å²) in [4.78, 5) is 20.6. The van der Waals surface area contributed by atoms with Crippen molar-refractivity contribution in [3.05, 3.63) is 0 Å². The van der Waals surface area contributed by atoms with Crippen molar-refractivity contribution in [3.8, 4) is 0 Å². The zero-order chi connectivity index (χ0) is 8.16. The summed E-state index contributed by atoms with van der Waals surface area (Å²) in [7, 11) is 0. The minimum Gasteiger partial charge on any atom is -0.303 e. The van der Waals surface area contributed by atoms with Crippen molar-refractivity contribution in [3.63, 3.8) is 0 Å². The normalized spacial score (nSPS) is 21.5. The molecule has 1 fully saturated rings. The van der Waals surface area contributed by atoms with Crippen LogP contribution in [-0.4, -0.2) is 12.6 Å². The van der Waals surface area contributed by atoms with Crippen LogP contribution < -0.4 is 0 Å². The Balaban J connectivity index is 2.53. The highest BCUT2D eigenvalue weighted by atomic mass is 16.1. The van der Waals surface area contributed by atoms with E-state index in [4.69, 9.17) is 0 Å². The van der Waals surface area contributed by atoms with E-state index in [0.29, 0.717) is 12.8 Å². The fourth-order valence-electron chi connectivity index (χ4n) is 1.97. The average molecular weight is 154 g/mol. The van der Waals surface area contributed by atoms with Gasteiger partial charge in [0, 0.05) is 12.8 Å². The smallest absolute Gasteiger partial charge is 0.120 e.